The Balaban J connectivity index is 2.00. The first-order chi connectivity index (χ1) is 10.3. The molecule has 2 heteroatoms. The van der Waals surface area contributed by atoms with Crippen molar-refractivity contribution in [2.75, 3.05) is 0 Å². The summed E-state index contributed by atoms with van der Waals surface area (Å²) in [6.45, 7) is 8.83. The fourth-order valence-corrected chi connectivity index (χ4v) is 3.74. The summed E-state index contributed by atoms with van der Waals surface area (Å²) >= 11 is 0. The summed E-state index contributed by atoms with van der Waals surface area (Å²) in [7, 11) is 0. The number of aryl methyl sites for hydroxylation is 2. The first-order valence-corrected chi connectivity index (χ1v) is 7.79. The second kappa shape index (κ2) is 4.98. The first kappa shape index (κ1) is 14.8. The smallest absolute Gasteiger partial charge is 0.248 e. The Hall–Kier alpha value is -2.09. The highest BCUT2D eigenvalue weighted by Gasteiger charge is 2.59. The molecular formula is C20H23NO. The Morgan fingerprint density at radius 2 is 1.64 bits per heavy atom. The first-order valence-electron chi connectivity index (χ1n) is 7.79. The van der Waals surface area contributed by atoms with Gasteiger partial charge in [-0.05, 0) is 59.9 Å². The van der Waals surface area contributed by atoms with E-state index >= 15 is 0 Å². The molecule has 1 fully saturated rings. The Bertz CT molecular complexity index is 728. The highest BCUT2D eigenvalue weighted by Crippen LogP contribution is 2.70. The van der Waals surface area contributed by atoms with Crippen LogP contribution in [0.3, 0.4) is 0 Å². The van der Waals surface area contributed by atoms with E-state index in [1.165, 1.54) is 22.3 Å². The van der Waals surface area contributed by atoms with Crippen molar-refractivity contribution in [3.05, 3.63) is 70.3 Å². The van der Waals surface area contributed by atoms with Gasteiger partial charge in [0.15, 0.2) is 0 Å². The van der Waals surface area contributed by atoms with E-state index in [1.807, 2.05) is 18.2 Å². The van der Waals surface area contributed by atoms with Crippen LogP contribution in [0.5, 0.6) is 0 Å². The SMILES string of the molecule is Cc1ccc(C2C(c3cc(C(N)=O)ccc3C)C2(C)C)cc1. The summed E-state index contributed by atoms with van der Waals surface area (Å²) in [5.74, 6) is 0.580. The molecule has 1 amide bonds. The number of carbonyl (C=O) groups excluding carboxylic acids is 1. The van der Waals surface area contributed by atoms with Gasteiger partial charge in [0.25, 0.3) is 0 Å². The maximum Gasteiger partial charge on any atom is 0.248 e. The molecule has 2 unspecified atom stereocenters. The quantitative estimate of drug-likeness (QED) is 0.900. The molecule has 2 nitrogen and oxygen atoms in total. The van der Waals surface area contributed by atoms with E-state index in [0.717, 1.165) is 0 Å². The van der Waals surface area contributed by atoms with E-state index in [4.69, 9.17) is 5.73 Å². The topological polar surface area (TPSA) is 43.1 Å². The lowest BCUT2D eigenvalue weighted by molar-refractivity contribution is 0.1000. The van der Waals surface area contributed by atoms with Crippen LogP contribution in [-0.2, 0) is 0 Å². The standard InChI is InChI=1S/C20H23NO/c1-12-5-8-14(9-6-12)17-18(20(17,3)4)16-11-15(19(21)22)10-7-13(16)2/h5-11,17-18H,1-4H3,(H2,21,22). The molecule has 0 spiro atoms. The van der Waals surface area contributed by atoms with Gasteiger partial charge in [0, 0.05) is 5.56 Å². The maximum absolute atomic E-state index is 11.5. The summed E-state index contributed by atoms with van der Waals surface area (Å²) in [5.41, 5.74) is 11.4. The van der Waals surface area contributed by atoms with Gasteiger partial charge in [-0.1, -0.05) is 49.7 Å². The number of primary amides is 1. The van der Waals surface area contributed by atoms with Crippen LogP contribution in [0, 0.1) is 19.3 Å². The van der Waals surface area contributed by atoms with E-state index in [1.54, 1.807) is 0 Å². The van der Waals surface area contributed by atoms with Gasteiger partial charge in [-0.2, -0.15) is 0 Å². The second-order valence-corrected chi connectivity index (χ2v) is 7.12. The van der Waals surface area contributed by atoms with Gasteiger partial charge in [-0.15, -0.1) is 0 Å². The van der Waals surface area contributed by atoms with E-state index in [0.29, 0.717) is 17.4 Å². The lowest BCUT2D eigenvalue weighted by Gasteiger charge is -2.09. The normalized spacial score (nSPS) is 22.4. The lowest BCUT2D eigenvalue weighted by Crippen LogP contribution is -2.11. The van der Waals surface area contributed by atoms with E-state index in [2.05, 4.69) is 52.0 Å². The molecule has 0 heterocycles. The number of rotatable bonds is 3. The molecule has 2 aromatic carbocycles. The Kier molecular flexibility index (Phi) is 3.36. The van der Waals surface area contributed by atoms with Crippen LogP contribution in [0.15, 0.2) is 42.5 Å². The van der Waals surface area contributed by atoms with Crippen LogP contribution >= 0.6 is 0 Å². The van der Waals surface area contributed by atoms with Gasteiger partial charge in [0.1, 0.15) is 0 Å². The highest BCUT2D eigenvalue weighted by molar-refractivity contribution is 5.93. The molecule has 3 rings (SSSR count). The van der Waals surface area contributed by atoms with E-state index < -0.39 is 0 Å². The van der Waals surface area contributed by atoms with E-state index in [9.17, 15) is 4.79 Å². The van der Waals surface area contributed by atoms with Crippen molar-refractivity contribution in [3.63, 3.8) is 0 Å². The maximum atomic E-state index is 11.5. The minimum absolute atomic E-state index is 0.205. The van der Waals surface area contributed by atoms with Gasteiger partial charge in [0.2, 0.25) is 5.91 Å². The van der Waals surface area contributed by atoms with Crippen molar-refractivity contribution in [1.29, 1.82) is 0 Å². The van der Waals surface area contributed by atoms with Gasteiger partial charge in [-0.25, -0.2) is 0 Å². The fourth-order valence-electron chi connectivity index (χ4n) is 3.74. The molecule has 0 radical (unpaired) electrons. The zero-order valence-corrected chi connectivity index (χ0v) is 13.7. The molecule has 2 atom stereocenters. The molecular weight excluding hydrogens is 270 g/mol. The van der Waals surface area contributed by atoms with Crippen molar-refractivity contribution in [1.82, 2.24) is 0 Å². The zero-order chi connectivity index (χ0) is 16.1. The zero-order valence-electron chi connectivity index (χ0n) is 13.7. The predicted molar refractivity (Wildman–Crippen MR) is 90.1 cm³/mol. The van der Waals surface area contributed by atoms with Gasteiger partial charge >= 0.3 is 0 Å². The Morgan fingerprint density at radius 3 is 2.23 bits per heavy atom. The van der Waals surface area contributed by atoms with Crippen molar-refractivity contribution in [2.45, 2.75) is 39.5 Å². The van der Waals surface area contributed by atoms with E-state index in [-0.39, 0.29) is 11.3 Å². The summed E-state index contributed by atoms with van der Waals surface area (Å²) < 4.78 is 0. The molecule has 22 heavy (non-hydrogen) atoms. The van der Waals surface area contributed by atoms with Crippen molar-refractivity contribution < 1.29 is 4.79 Å². The molecule has 0 aromatic heterocycles. The van der Waals surface area contributed by atoms with Crippen molar-refractivity contribution in [3.8, 4) is 0 Å². The second-order valence-electron chi connectivity index (χ2n) is 7.12. The average Bonchev–Trinajstić information content (AvgIpc) is 3.02. The van der Waals surface area contributed by atoms with Crippen LogP contribution in [0.4, 0.5) is 0 Å². The molecule has 1 saturated carbocycles. The average molecular weight is 293 g/mol. The minimum atomic E-state index is -0.355. The molecule has 1 aliphatic rings. The van der Waals surface area contributed by atoms with Crippen LogP contribution in [0.25, 0.3) is 0 Å². The number of nitrogens with two attached hydrogens (primary N) is 1. The monoisotopic (exact) mass is 293 g/mol. The van der Waals surface area contributed by atoms with Crippen molar-refractivity contribution >= 4 is 5.91 Å². The predicted octanol–water partition coefficient (Wildman–Crippen LogP) is 4.31. The Labute approximate surface area is 132 Å². The largest absolute Gasteiger partial charge is 0.366 e. The number of amides is 1. The number of hydrogen-bond donors (Lipinski definition) is 1. The van der Waals surface area contributed by atoms with Gasteiger partial charge in [-0.3, -0.25) is 4.79 Å². The van der Waals surface area contributed by atoms with Crippen LogP contribution < -0.4 is 5.73 Å². The van der Waals surface area contributed by atoms with Gasteiger partial charge < -0.3 is 5.73 Å². The molecule has 2 aromatic rings. The molecule has 114 valence electrons. The van der Waals surface area contributed by atoms with Crippen LogP contribution in [-0.4, -0.2) is 5.91 Å². The molecule has 0 aliphatic heterocycles. The number of benzene rings is 2. The number of hydrogen-bond acceptors (Lipinski definition) is 1. The summed E-state index contributed by atoms with van der Waals surface area (Å²) in [6.07, 6.45) is 0. The van der Waals surface area contributed by atoms with Crippen LogP contribution in [0.1, 0.15) is 58.3 Å². The molecule has 2 N–H and O–H groups in total. The number of carbonyl (C=O) groups is 1. The molecule has 0 saturated heterocycles. The third kappa shape index (κ3) is 2.33. The van der Waals surface area contributed by atoms with Crippen molar-refractivity contribution in [2.24, 2.45) is 11.1 Å². The molecule has 0 bridgehead atoms. The fraction of sp³-hybridized carbons (Fsp3) is 0.350. The summed E-state index contributed by atoms with van der Waals surface area (Å²) in [5, 5.41) is 0. The third-order valence-corrected chi connectivity index (χ3v) is 5.16. The molecule has 1 aliphatic carbocycles. The third-order valence-electron chi connectivity index (χ3n) is 5.16. The highest BCUT2D eigenvalue weighted by atomic mass is 16.1. The lowest BCUT2D eigenvalue weighted by atomic mass is 9.96. The van der Waals surface area contributed by atoms with Crippen LogP contribution in [0.2, 0.25) is 0 Å². The summed E-state index contributed by atoms with van der Waals surface area (Å²) in [4.78, 5) is 11.5. The Morgan fingerprint density at radius 1 is 1.00 bits per heavy atom. The minimum Gasteiger partial charge on any atom is -0.366 e. The summed E-state index contributed by atoms with van der Waals surface area (Å²) in [6, 6.07) is 14.6. The van der Waals surface area contributed by atoms with Gasteiger partial charge in [0.05, 0.1) is 0 Å².